The van der Waals surface area contributed by atoms with Gasteiger partial charge in [-0.05, 0) is 36.8 Å². The average molecular weight is 284 g/mol. The Balaban J connectivity index is 1.81. The molecule has 21 heavy (non-hydrogen) atoms. The van der Waals surface area contributed by atoms with Gasteiger partial charge in [-0.2, -0.15) is 0 Å². The summed E-state index contributed by atoms with van der Waals surface area (Å²) in [5, 5.41) is 5.11. The van der Waals surface area contributed by atoms with E-state index in [9.17, 15) is 0 Å². The van der Waals surface area contributed by atoms with Crippen molar-refractivity contribution >= 4 is 10.8 Å². The van der Waals surface area contributed by atoms with Crippen molar-refractivity contribution in [3.63, 3.8) is 0 Å². The molecule has 1 saturated carbocycles. The Morgan fingerprint density at radius 3 is 2.57 bits per heavy atom. The van der Waals surface area contributed by atoms with Crippen LogP contribution in [-0.2, 0) is 6.54 Å². The summed E-state index contributed by atoms with van der Waals surface area (Å²) < 4.78 is 5.48. The van der Waals surface area contributed by atoms with Crippen LogP contribution in [0.15, 0.2) is 36.4 Å². The number of fused-ring (bicyclic) bond motifs is 1. The lowest BCUT2D eigenvalue weighted by molar-refractivity contribution is -0.712. The van der Waals surface area contributed by atoms with E-state index in [1.165, 1.54) is 42.0 Å². The van der Waals surface area contributed by atoms with Gasteiger partial charge in [0.15, 0.2) is 0 Å². The number of benzene rings is 2. The van der Waals surface area contributed by atoms with E-state index in [0.717, 1.165) is 24.3 Å². The largest absolute Gasteiger partial charge is 0.496 e. The van der Waals surface area contributed by atoms with Gasteiger partial charge < -0.3 is 10.1 Å². The molecule has 0 aliphatic heterocycles. The van der Waals surface area contributed by atoms with E-state index >= 15 is 0 Å². The van der Waals surface area contributed by atoms with Crippen LogP contribution in [0, 0.1) is 5.92 Å². The number of quaternary nitrogens is 1. The fourth-order valence-electron chi connectivity index (χ4n) is 3.66. The number of hydrogen-bond donors (Lipinski definition) is 1. The maximum absolute atomic E-state index is 5.48. The summed E-state index contributed by atoms with van der Waals surface area (Å²) in [5.41, 5.74) is 1.42. The molecule has 1 fully saturated rings. The average Bonchev–Trinajstić information content (AvgIpc) is 2.54. The molecule has 0 saturated heterocycles. The summed E-state index contributed by atoms with van der Waals surface area (Å²) in [5.74, 6) is 1.82. The first kappa shape index (κ1) is 14.4. The molecule has 0 aromatic heterocycles. The molecule has 0 heterocycles. The normalized spacial score (nSPS) is 22.4. The zero-order valence-electron chi connectivity index (χ0n) is 13.1. The first-order valence-corrected chi connectivity index (χ1v) is 8.17. The van der Waals surface area contributed by atoms with E-state index < -0.39 is 0 Å². The van der Waals surface area contributed by atoms with Crippen LogP contribution in [0.5, 0.6) is 5.75 Å². The molecule has 0 amide bonds. The van der Waals surface area contributed by atoms with Crippen molar-refractivity contribution in [3.05, 3.63) is 42.0 Å². The number of nitrogens with two attached hydrogens (primary N) is 1. The summed E-state index contributed by atoms with van der Waals surface area (Å²) in [6.07, 6.45) is 5.58. The van der Waals surface area contributed by atoms with Gasteiger partial charge in [0.1, 0.15) is 12.3 Å². The van der Waals surface area contributed by atoms with Crippen LogP contribution in [0.2, 0.25) is 0 Å². The first-order chi connectivity index (χ1) is 10.3. The first-order valence-electron chi connectivity index (χ1n) is 8.17. The van der Waals surface area contributed by atoms with Gasteiger partial charge in [-0.15, -0.1) is 0 Å². The van der Waals surface area contributed by atoms with Crippen molar-refractivity contribution in [2.24, 2.45) is 5.92 Å². The van der Waals surface area contributed by atoms with Crippen molar-refractivity contribution < 1.29 is 10.1 Å². The molecule has 2 aromatic rings. The van der Waals surface area contributed by atoms with Crippen molar-refractivity contribution in [3.8, 4) is 5.75 Å². The minimum absolute atomic E-state index is 0.791. The summed E-state index contributed by atoms with van der Waals surface area (Å²) in [4.78, 5) is 0. The second-order valence-electron chi connectivity index (χ2n) is 6.34. The Morgan fingerprint density at radius 2 is 1.81 bits per heavy atom. The summed E-state index contributed by atoms with van der Waals surface area (Å²) in [7, 11) is 1.75. The highest BCUT2D eigenvalue weighted by atomic mass is 16.5. The molecule has 0 radical (unpaired) electrons. The lowest BCUT2D eigenvalue weighted by atomic mass is 9.86. The molecule has 112 valence electrons. The quantitative estimate of drug-likeness (QED) is 0.913. The van der Waals surface area contributed by atoms with Crippen molar-refractivity contribution in [1.82, 2.24) is 0 Å². The van der Waals surface area contributed by atoms with Gasteiger partial charge in [0.25, 0.3) is 0 Å². The SMILES string of the molecule is COc1ccc(C[NH2+][C@@H]2CCCC[C@H]2C)c2ccccc12. The number of rotatable bonds is 4. The predicted molar refractivity (Wildman–Crippen MR) is 87.5 cm³/mol. The van der Waals surface area contributed by atoms with Crippen molar-refractivity contribution in [1.29, 1.82) is 0 Å². The highest BCUT2D eigenvalue weighted by Gasteiger charge is 2.24. The van der Waals surface area contributed by atoms with Crippen LogP contribution in [0.3, 0.4) is 0 Å². The van der Waals surface area contributed by atoms with Crippen LogP contribution in [0.25, 0.3) is 10.8 Å². The molecule has 1 aliphatic carbocycles. The minimum atomic E-state index is 0.791. The minimum Gasteiger partial charge on any atom is -0.496 e. The third-order valence-electron chi connectivity index (χ3n) is 5.01. The van der Waals surface area contributed by atoms with Crippen LogP contribution < -0.4 is 10.1 Å². The molecule has 1 aliphatic rings. The fraction of sp³-hybridized carbons (Fsp3) is 0.474. The highest BCUT2D eigenvalue weighted by Crippen LogP contribution is 2.28. The fourth-order valence-corrected chi connectivity index (χ4v) is 3.66. The lowest BCUT2D eigenvalue weighted by Gasteiger charge is -2.26. The molecule has 2 nitrogen and oxygen atoms in total. The standard InChI is InChI=1S/C19H25NO/c1-14-7-3-6-10-18(14)20-13-15-11-12-19(21-2)17-9-5-4-8-16(15)17/h4-5,8-9,11-12,14,18,20H,3,6-7,10,13H2,1-2H3/p+1/t14-,18-/m1/s1. The predicted octanol–water partition coefficient (Wildman–Crippen LogP) is 3.49. The van der Waals surface area contributed by atoms with Crippen LogP contribution in [0.1, 0.15) is 38.2 Å². The summed E-state index contributed by atoms with van der Waals surface area (Å²) in [6, 6.07) is 13.7. The Kier molecular flexibility index (Phi) is 4.45. The zero-order chi connectivity index (χ0) is 14.7. The van der Waals surface area contributed by atoms with Gasteiger partial charge >= 0.3 is 0 Å². The molecular formula is C19H26NO+. The third kappa shape index (κ3) is 3.06. The maximum atomic E-state index is 5.48. The number of methoxy groups -OCH3 is 1. The summed E-state index contributed by atoms with van der Waals surface area (Å²) >= 11 is 0. The molecule has 2 atom stereocenters. The van der Waals surface area contributed by atoms with E-state index in [1.54, 1.807) is 7.11 Å². The van der Waals surface area contributed by atoms with Crippen LogP contribution in [0.4, 0.5) is 0 Å². The van der Waals surface area contributed by atoms with Crippen LogP contribution >= 0.6 is 0 Å². The smallest absolute Gasteiger partial charge is 0.126 e. The molecule has 0 spiro atoms. The monoisotopic (exact) mass is 284 g/mol. The molecule has 2 heteroatoms. The Hall–Kier alpha value is -1.54. The molecule has 0 bridgehead atoms. The second kappa shape index (κ2) is 6.48. The Labute approximate surface area is 127 Å². The van der Waals surface area contributed by atoms with Crippen molar-refractivity contribution in [2.45, 2.75) is 45.2 Å². The van der Waals surface area contributed by atoms with E-state index in [4.69, 9.17) is 4.74 Å². The third-order valence-corrected chi connectivity index (χ3v) is 5.01. The Morgan fingerprint density at radius 1 is 1.05 bits per heavy atom. The summed E-state index contributed by atoms with van der Waals surface area (Å²) in [6.45, 7) is 3.48. The van der Waals surface area contributed by atoms with Crippen LogP contribution in [-0.4, -0.2) is 13.2 Å². The maximum Gasteiger partial charge on any atom is 0.126 e. The van der Waals surface area contributed by atoms with E-state index in [1.807, 2.05) is 0 Å². The van der Waals surface area contributed by atoms with E-state index in [2.05, 4.69) is 48.6 Å². The van der Waals surface area contributed by atoms with Gasteiger partial charge in [0, 0.05) is 16.9 Å². The Bertz CT molecular complexity index is 608. The topological polar surface area (TPSA) is 25.8 Å². The molecule has 2 aromatic carbocycles. The van der Waals surface area contributed by atoms with Gasteiger partial charge in [-0.3, -0.25) is 0 Å². The zero-order valence-corrected chi connectivity index (χ0v) is 13.1. The van der Waals surface area contributed by atoms with E-state index in [0.29, 0.717) is 0 Å². The highest BCUT2D eigenvalue weighted by molar-refractivity contribution is 5.90. The van der Waals surface area contributed by atoms with Gasteiger partial charge in [-0.1, -0.05) is 37.6 Å². The molecular weight excluding hydrogens is 258 g/mol. The lowest BCUT2D eigenvalue weighted by Crippen LogP contribution is -2.90. The number of hydrogen-bond acceptors (Lipinski definition) is 1. The van der Waals surface area contributed by atoms with Gasteiger partial charge in [0.2, 0.25) is 0 Å². The number of ether oxygens (including phenoxy) is 1. The van der Waals surface area contributed by atoms with Crippen molar-refractivity contribution in [2.75, 3.05) is 7.11 Å². The molecule has 3 rings (SSSR count). The molecule has 2 N–H and O–H groups in total. The van der Waals surface area contributed by atoms with E-state index in [-0.39, 0.29) is 0 Å². The van der Waals surface area contributed by atoms with Gasteiger partial charge in [-0.25, -0.2) is 0 Å². The molecule has 0 unspecified atom stereocenters. The second-order valence-corrected chi connectivity index (χ2v) is 6.34. The van der Waals surface area contributed by atoms with Gasteiger partial charge in [0.05, 0.1) is 13.2 Å².